The fourth-order valence-electron chi connectivity index (χ4n) is 4.26. The number of rotatable bonds is 4. The van der Waals surface area contributed by atoms with Crippen molar-refractivity contribution in [3.05, 3.63) is 35.5 Å². The number of β-amino-alcohol motifs (C(OH)–C–C–N with tert-alkyl or cyclic N) is 1. The maximum Gasteiger partial charge on any atom is 0.244 e. The number of aliphatic hydroxyl groups excluding tert-OH is 1. The lowest BCUT2D eigenvalue weighted by atomic mass is 9.89. The van der Waals surface area contributed by atoms with Gasteiger partial charge in [-0.2, -0.15) is 4.98 Å². The van der Waals surface area contributed by atoms with Crippen molar-refractivity contribution in [1.82, 2.24) is 15.0 Å². The van der Waals surface area contributed by atoms with E-state index in [1.807, 2.05) is 0 Å². The molecular formula is C20H26FN3O2. The van der Waals surface area contributed by atoms with Crippen molar-refractivity contribution in [2.75, 3.05) is 13.1 Å². The molecular weight excluding hydrogens is 333 g/mol. The summed E-state index contributed by atoms with van der Waals surface area (Å²) in [6, 6.07) is 4.90. The Morgan fingerprint density at radius 2 is 2.08 bits per heavy atom. The number of halogens is 1. The minimum Gasteiger partial charge on any atom is -0.392 e. The molecule has 2 atom stereocenters. The second-order valence-corrected chi connectivity index (χ2v) is 7.78. The summed E-state index contributed by atoms with van der Waals surface area (Å²) in [5.74, 6) is 1.33. The van der Waals surface area contributed by atoms with Gasteiger partial charge in [-0.1, -0.05) is 36.6 Å². The minimum absolute atomic E-state index is 0.0523. The van der Waals surface area contributed by atoms with Crippen LogP contribution in [-0.2, 0) is 0 Å². The van der Waals surface area contributed by atoms with Crippen LogP contribution in [0.2, 0.25) is 0 Å². The molecule has 0 spiro atoms. The Balaban J connectivity index is 1.51. The highest BCUT2D eigenvalue weighted by atomic mass is 19.1. The summed E-state index contributed by atoms with van der Waals surface area (Å²) < 4.78 is 19.3. The first kappa shape index (κ1) is 17.6. The lowest BCUT2D eigenvalue weighted by Crippen LogP contribution is -2.31. The molecule has 6 heteroatoms. The summed E-state index contributed by atoms with van der Waals surface area (Å²) >= 11 is 0. The molecule has 1 aromatic carbocycles. The second kappa shape index (κ2) is 7.45. The van der Waals surface area contributed by atoms with Gasteiger partial charge in [-0.15, -0.1) is 0 Å². The Bertz CT molecular complexity index is 757. The summed E-state index contributed by atoms with van der Waals surface area (Å²) in [4.78, 5) is 6.80. The van der Waals surface area contributed by atoms with Crippen LogP contribution in [0.15, 0.2) is 22.7 Å². The Morgan fingerprint density at radius 1 is 1.27 bits per heavy atom. The zero-order valence-corrected chi connectivity index (χ0v) is 15.2. The van der Waals surface area contributed by atoms with Crippen LogP contribution in [0.5, 0.6) is 0 Å². The van der Waals surface area contributed by atoms with Gasteiger partial charge in [0.15, 0.2) is 0 Å². The summed E-state index contributed by atoms with van der Waals surface area (Å²) in [5.41, 5.74) is 1.20. The lowest BCUT2D eigenvalue weighted by molar-refractivity contribution is 0.147. The van der Waals surface area contributed by atoms with Gasteiger partial charge in [0.25, 0.3) is 0 Å². The molecule has 0 bridgehead atoms. The number of likely N-dealkylation sites (tertiary alicyclic amines) is 1. The third-order valence-corrected chi connectivity index (χ3v) is 5.76. The summed E-state index contributed by atoms with van der Waals surface area (Å²) in [5, 5.41) is 14.2. The average Bonchev–Trinajstić information content (AvgIpc) is 3.25. The van der Waals surface area contributed by atoms with Gasteiger partial charge in [-0.3, -0.25) is 4.90 Å². The van der Waals surface area contributed by atoms with Gasteiger partial charge >= 0.3 is 0 Å². The van der Waals surface area contributed by atoms with Crippen LogP contribution in [0.25, 0.3) is 11.4 Å². The third kappa shape index (κ3) is 3.67. The van der Waals surface area contributed by atoms with Crippen LogP contribution >= 0.6 is 0 Å². The van der Waals surface area contributed by atoms with Crippen molar-refractivity contribution in [1.29, 1.82) is 0 Å². The number of nitrogens with zero attached hydrogens (tertiary/aromatic N) is 3. The first-order valence-electron chi connectivity index (χ1n) is 9.62. The first-order valence-corrected chi connectivity index (χ1v) is 9.62. The van der Waals surface area contributed by atoms with Gasteiger partial charge in [0, 0.05) is 18.7 Å². The van der Waals surface area contributed by atoms with Gasteiger partial charge in [0.2, 0.25) is 11.7 Å². The van der Waals surface area contributed by atoms with E-state index in [1.54, 1.807) is 19.1 Å². The fraction of sp³-hybridized carbons (Fsp3) is 0.600. The van der Waals surface area contributed by atoms with E-state index < -0.39 is 0 Å². The quantitative estimate of drug-likeness (QED) is 0.898. The molecule has 1 aliphatic carbocycles. The van der Waals surface area contributed by atoms with Crippen molar-refractivity contribution in [2.45, 2.75) is 57.6 Å². The van der Waals surface area contributed by atoms with E-state index in [4.69, 9.17) is 4.52 Å². The second-order valence-electron chi connectivity index (χ2n) is 7.78. The number of aryl methyl sites for hydroxylation is 1. The molecule has 0 radical (unpaired) electrons. The number of benzene rings is 1. The molecule has 2 heterocycles. The smallest absolute Gasteiger partial charge is 0.244 e. The van der Waals surface area contributed by atoms with Crippen LogP contribution in [0.1, 0.15) is 56.0 Å². The van der Waals surface area contributed by atoms with E-state index in [2.05, 4.69) is 15.0 Å². The standard InChI is InChI=1S/C20H26FN3O2/c1-13-7-8-15(9-17(13)21)19-22-20(26-23-19)18-10-16(25)12-24(18)11-14-5-3-2-4-6-14/h7-9,14,16,18,25H,2-6,10-12H2,1H3/t16-,18+/m1/s1. The van der Waals surface area contributed by atoms with Gasteiger partial charge in [0.1, 0.15) is 5.82 Å². The summed E-state index contributed by atoms with van der Waals surface area (Å²) in [7, 11) is 0. The van der Waals surface area contributed by atoms with E-state index >= 15 is 0 Å². The summed E-state index contributed by atoms with van der Waals surface area (Å²) in [6.45, 7) is 3.35. The predicted molar refractivity (Wildman–Crippen MR) is 95.9 cm³/mol. The highest BCUT2D eigenvalue weighted by Crippen LogP contribution is 2.35. The Morgan fingerprint density at radius 3 is 2.85 bits per heavy atom. The van der Waals surface area contributed by atoms with Gasteiger partial charge in [0.05, 0.1) is 12.1 Å². The SMILES string of the molecule is Cc1ccc(-c2noc([C@@H]3C[C@@H](O)CN3CC3CCCCC3)n2)cc1F. The molecule has 4 rings (SSSR count). The first-order chi connectivity index (χ1) is 12.6. The molecule has 1 aromatic heterocycles. The normalized spacial score (nSPS) is 25.0. The number of aromatic nitrogens is 2. The van der Waals surface area contributed by atoms with E-state index in [-0.39, 0.29) is 18.0 Å². The van der Waals surface area contributed by atoms with Crippen LogP contribution in [0.3, 0.4) is 0 Å². The van der Waals surface area contributed by atoms with Crippen molar-refractivity contribution in [3.63, 3.8) is 0 Å². The van der Waals surface area contributed by atoms with Crippen molar-refractivity contribution in [3.8, 4) is 11.4 Å². The number of hydrogen-bond acceptors (Lipinski definition) is 5. The molecule has 140 valence electrons. The fourth-order valence-corrected chi connectivity index (χ4v) is 4.26. The largest absolute Gasteiger partial charge is 0.392 e. The van der Waals surface area contributed by atoms with Crippen LogP contribution in [0, 0.1) is 18.7 Å². The number of hydrogen-bond donors (Lipinski definition) is 1. The molecule has 2 fully saturated rings. The maximum atomic E-state index is 13.8. The molecule has 0 unspecified atom stereocenters. The topological polar surface area (TPSA) is 62.4 Å². The minimum atomic E-state index is -0.365. The monoisotopic (exact) mass is 359 g/mol. The zero-order valence-electron chi connectivity index (χ0n) is 15.2. The Labute approximate surface area is 153 Å². The Kier molecular flexibility index (Phi) is 5.05. The summed E-state index contributed by atoms with van der Waals surface area (Å²) in [6.07, 6.45) is 6.70. The van der Waals surface area contributed by atoms with Crippen LogP contribution in [0.4, 0.5) is 4.39 Å². The van der Waals surface area contributed by atoms with Gasteiger partial charge < -0.3 is 9.63 Å². The molecule has 1 aliphatic heterocycles. The third-order valence-electron chi connectivity index (χ3n) is 5.76. The molecule has 2 aromatic rings. The molecule has 0 amide bonds. The van der Waals surface area contributed by atoms with Crippen molar-refractivity contribution < 1.29 is 14.0 Å². The average molecular weight is 359 g/mol. The Hall–Kier alpha value is -1.79. The lowest BCUT2D eigenvalue weighted by Gasteiger charge is -2.29. The molecule has 2 aliphatic rings. The highest BCUT2D eigenvalue weighted by molar-refractivity contribution is 5.55. The number of aliphatic hydroxyl groups is 1. The predicted octanol–water partition coefficient (Wildman–Crippen LogP) is 3.87. The van der Waals surface area contributed by atoms with Crippen LogP contribution in [-0.4, -0.2) is 39.3 Å². The van der Waals surface area contributed by atoms with Crippen molar-refractivity contribution in [2.24, 2.45) is 5.92 Å². The van der Waals surface area contributed by atoms with Gasteiger partial charge in [-0.25, -0.2) is 4.39 Å². The van der Waals surface area contributed by atoms with E-state index in [9.17, 15) is 9.50 Å². The molecule has 26 heavy (non-hydrogen) atoms. The molecule has 1 saturated carbocycles. The van der Waals surface area contributed by atoms with E-state index in [1.165, 1.54) is 38.2 Å². The maximum absolute atomic E-state index is 13.8. The zero-order chi connectivity index (χ0) is 18.1. The van der Waals surface area contributed by atoms with E-state index in [0.29, 0.717) is 41.7 Å². The van der Waals surface area contributed by atoms with E-state index in [0.717, 1.165) is 6.54 Å². The molecule has 1 saturated heterocycles. The van der Waals surface area contributed by atoms with Crippen molar-refractivity contribution >= 4 is 0 Å². The highest BCUT2D eigenvalue weighted by Gasteiger charge is 2.37. The molecule has 1 N–H and O–H groups in total. The van der Waals surface area contributed by atoms with Gasteiger partial charge in [-0.05, 0) is 43.7 Å². The molecule has 5 nitrogen and oxygen atoms in total. The van der Waals surface area contributed by atoms with Crippen LogP contribution < -0.4 is 0 Å².